The van der Waals surface area contributed by atoms with E-state index in [4.69, 9.17) is 4.74 Å². The van der Waals surface area contributed by atoms with Gasteiger partial charge in [-0.15, -0.1) is 0 Å². The fourth-order valence-electron chi connectivity index (χ4n) is 4.02. The molecule has 1 saturated heterocycles. The number of rotatable bonds is 2. The van der Waals surface area contributed by atoms with Gasteiger partial charge in [-0.3, -0.25) is 0 Å². The van der Waals surface area contributed by atoms with Gasteiger partial charge < -0.3 is 10.1 Å². The van der Waals surface area contributed by atoms with Crippen LogP contribution in [0.1, 0.15) is 67.2 Å². The Hall–Kier alpha value is -0.0800. The quantitative estimate of drug-likeness (QED) is 0.816. The molecule has 2 nitrogen and oxygen atoms in total. The highest BCUT2D eigenvalue weighted by Crippen LogP contribution is 2.41. The van der Waals surface area contributed by atoms with Crippen molar-refractivity contribution in [1.29, 1.82) is 0 Å². The summed E-state index contributed by atoms with van der Waals surface area (Å²) >= 11 is 0. The minimum Gasteiger partial charge on any atom is -0.369 e. The van der Waals surface area contributed by atoms with E-state index in [1.54, 1.807) is 0 Å². The Morgan fingerprint density at radius 1 is 1.26 bits per heavy atom. The summed E-state index contributed by atoms with van der Waals surface area (Å²) in [6.45, 7) is 15.0. The molecule has 2 heteroatoms. The number of nitrogens with one attached hydrogen (secondary N) is 1. The van der Waals surface area contributed by atoms with Crippen molar-refractivity contribution in [2.24, 2.45) is 17.3 Å². The van der Waals surface area contributed by atoms with E-state index >= 15 is 0 Å². The monoisotopic (exact) mass is 267 g/mol. The van der Waals surface area contributed by atoms with E-state index < -0.39 is 0 Å². The molecule has 0 radical (unpaired) electrons. The Morgan fingerprint density at radius 2 is 1.95 bits per heavy atom. The fourth-order valence-corrected chi connectivity index (χ4v) is 4.02. The molecule has 1 aliphatic carbocycles. The first-order chi connectivity index (χ1) is 8.70. The SMILES string of the molecule is CC(C)CC1(C)CNC2CC(C(C)(C)C)CCC2O1. The third-order valence-corrected chi connectivity index (χ3v) is 5.03. The highest BCUT2D eigenvalue weighted by atomic mass is 16.5. The van der Waals surface area contributed by atoms with Crippen molar-refractivity contribution in [3.63, 3.8) is 0 Å². The molecule has 4 unspecified atom stereocenters. The molecule has 0 aromatic carbocycles. The van der Waals surface area contributed by atoms with Crippen LogP contribution < -0.4 is 5.32 Å². The Bertz CT molecular complexity index is 307. The van der Waals surface area contributed by atoms with Crippen molar-refractivity contribution >= 4 is 0 Å². The highest BCUT2D eigenvalue weighted by molar-refractivity contribution is 4.97. The lowest BCUT2D eigenvalue weighted by molar-refractivity contribution is -0.152. The maximum absolute atomic E-state index is 6.49. The lowest BCUT2D eigenvalue weighted by Gasteiger charge is -2.50. The number of hydrogen-bond donors (Lipinski definition) is 1. The van der Waals surface area contributed by atoms with Crippen LogP contribution in [-0.4, -0.2) is 24.3 Å². The molecule has 1 N–H and O–H groups in total. The average molecular weight is 267 g/mol. The summed E-state index contributed by atoms with van der Waals surface area (Å²) in [4.78, 5) is 0. The molecule has 19 heavy (non-hydrogen) atoms. The molecule has 1 heterocycles. The second-order valence-electron chi connectivity index (χ2n) is 8.57. The van der Waals surface area contributed by atoms with E-state index in [-0.39, 0.29) is 5.60 Å². The van der Waals surface area contributed by atoms with E-state index in [0.717, 1.165) is 18.9 Å². The van der Waals surface area contributed by atoms with Crippen LogP contribution in [0.5, 0.6) is 0 Å². The third-order valence-electron chi connectivity index (χ3n) is 5.03. The number of morpholine rings is 1. The standard InChI is InChI=1S/C17H33NO/c1-12(2)10-17(6)11-18-14-9-13(16(3,4)5)7-8-15(14)19-17/h12-15,18H,7-11H2,1-6H3. The number of hydrogen-bond acceptors (Lipinski definition) is 2. The van der Waals surface area contributed by atoms with Crippen molar-refractivity contribution in [3.05, 3.63) is 0 Å². The van der Waals surface area contributed by atoms with Gasteiger partial charge in [-0.1, -0.05) is 34.6 Å². The average Bonchev–Trinajstić information content (AvgIpc) is 2.25. The number of ether oxygens (including phenoxy) is 1. The van der Waals surface area contributed by atoms with Crippen molar-refractivity contribution in [3.8, 4) is 0 Å². The van der Waals surface area contributed by atoms with Crippen molar-refractivity contribution < 1.29 is 4.74 Å². The molecule has 0 spiro atoms. The molecular formula is C17H33NO. The van der Waals surface area contributed by atoms with Gasteiger partial charge >= 0.3 is 0 Å². The molecule has 0 amide bonds. The molecule has 2 fully saturated rings. The summed E-state index contributed by atoms with van der Waals surface area (Å²) in [6.07, 6.45) is 5.44. The van der Waals surface area contributed by atoms with Crippen molar-refractivity contribution in [2.75, 3.05) is 6.54 Å². The summed E-state index contributed by atoms with van der Waals surface area (Å²) in [5.41, 5.74) is 0.481. The normalized spacial score (nSPS) is 40.3. The fraction of sp³-hybridized carbons (Fsp3) is 1.00. The summed E-state index contributed by atoms with van der Waals surface area (Å²) in [7, 11) is 0. The van der Waals surface area contributed by atoms with Gasteiger partial charge in [0.15, 0.2) is 0 Å². The second kappa shape index (κ2) is 5.37. The molecule has 2 rings (SSSR count). The third kappa shape index (κ3) is 3.72. The molecule has 1 aliphatic heterocycles. The van der Waals surface area contributed by atoms with Gasteiger partial charge in [-0.2, -0.15) is 0 Å². The van der Waals surface area contributed by atoms with Crippen LogP contribution in [0.15, 0.2) is 0 Å². The predicted octanol–water partition coefficient (Wildman–Crippen LogP) is 3.99. The summed E-state index contributed by atoms with van der Waals surface area (Å²) in [6, 6.07) is 0.582. The van der Waals surface area contributed by atoms with E-state index in [0.29, 0.717) is 23.5 Å². The largest absolute Gasteiger partial charge is 0.369 e. The van der Waals surface area contributed by atoms with Crippen LogP contribution in [0, 0.1) is 17.3 Å². The van der Waals surface area contributed by atoms with Crippen molar-refractivity contribution in [2.45, 2.75) is 85.0 Å². The lowest BCUT2D eigenvalue weighted by atomic mass is 9.69. The van der Waals surface area contributed by atoms with Gasteiger partial charge in [0.1, 0.15) is 0 Å². The Balaban J connectivity index is 1.95. The van der Waals surface area contributed by atoms with E-state index in [1.807, 2.05) is 0 Å². The Kier molecular flexibility index (Phi) is 4.32. The van der Waals surface area contributed by atoms with E-state index in [2.05, 4.69) is 46.9 Å². The zero-order valence-corrected chi connectivity index (χ0v) is 13.8. The van der Waals surface area contributed by atoms with E-state index in [9.17, 15) is 0 Å². The molecular weight excluding hydrogens is 234 g/mol. The molecule has 0 aromatic rings. The molecule has 4 atom stereocenters. The maximum Gasteiger partial charge on any atom is 0.0785 e. The zero-order chi connectivity index (χ0) is 14.3. The second-order valence-corrected chi connectivity index (χ2v) is 8.57. The first kappa shape index (κ1) is 15.3. The van der Waals surface area contributed by atoms with Crippen LogP contribution in [0.3, 0.4) is 0 Å². The van der Waals surface area contributed by atoms with Gasteiger partial charge in [0.25, 0.3) is 0 Å². The smallest absolute Gasteiger partial charge is 0.0785 e. The van der Waals surface area contributed by atoms with Crippen LogP contribution in [0.2, 0.25) is 0 Å². The molecule has 1 saturated carbocycles. The first-order valence-electron chi connectivity index (χ1n) is 8.11. The maximum atomic E-state index is 6.49. The van der Waals surface area contributed by atoms with Crippen LogP contribution >= 0.6 is 0 Å². The van der Waals surface area contributed by atoms with Crippen LogP contribution in [-0.2, 0) is 4.74 Å². The topological polar surface area (TPSA) is 21.3 Å². The van der Waals surface area contributed by atoms with Crippen LogP contribution in [0.4, 0.5) is 0 Å². The van der Waals surface area contributed by atoms with Gasteiger partial charge in [-0.05, 0) is 49.9 Å². The van der Waals surface area contributed by atoms with Gasteiger partial charge in [0, 0.05) is 12.6 Å². The molecule has 112 valence electrons. The first-order valence-corrected chi connectivity index (χ1v) is 8.11. The highest BCUT2D eigenvalue weighted by Gasteiger charge is 2.43. The lowest BCUT2D eigenvalue weighted by Crippen LogP contribution is -2.60. The Morgan fingerprint density at radius 3 is 2.53 bits per heavy atom. The van der Waals surface area contributed by atoms with Crippen LogP contribution in [0.25, 0.3) is 0 Å². The summed E-state index contributed by atoms with van der Waals surface area (Å²) < 4.78 is 6.49. The Labute approximate surface area is 119 Å². The van der Waals surface area contributed by atoms with Gasteiger partial charge in [0.2, 0.25) is 0 Å². The van der Waals surface area contributed by atoms with Crippen molar-refractivity contribution in [1.82, 2.24) is 5.32 Å². The number of fused-ring (bicyclic) bond motifs is 1. The summed E-state index contributed by atoms with van der Waals surface area (Å²) in [5.74, 6) is 1.54. The molecule has 2 aliphatic rings. The summed E-state index contributed by atoms with van der Waals surface area (Å²) in [5, 5.41) is 3.79. The predicted molar refractivity (Wildman–Crippen MR) is 81.3 cm³/mol. The van der Waals surface area contributed by atoms with Gasteiger partial charge in [-0.25, -0.2) is 0 Å². The minimum atomic E-state index is 0.0455. The molecule has 0 aromatic heterocycles. The molecule has 0 bridgehead atoms. The zero-order valence-electron chi connectivity index (χ0n) is 13.8. The van der Waals surface area contributed by atoms with E-state index in [1.165, 1.54) is 19.3 Å². The van der Waals surface area contributed by atoms with Gasteiger partial charge in [0.05, 0.1) is 11.7 Å². The minimum absolute atomic E-state index is 0.0455.